The van der Waals surface area contributed by atoms with Gasteiger partial charge in [0.2, 0.25) is 5.90 Å². The third-order valence-corrected chi connectivity index (χ3v) is 4.64. The zero-order chi connectivity index (χ0) is 20.4. The minimum absolute atomic E-state index is 0.0986. The molecule has 0 saturated carbocycles. The second-order valence-electron chi connectivity index (χ2n) is 6.78. The predicted octanol–water partition coefficient (Wildman–Crippen LogP) is 2.35. The molecule has 7 nitrogen and oxygen atoms in total. The van der Waals surface area contributed by atoms with Gasteiger partial charge in [0.15, 0.2) is 5.54 Å². The summed E-state index contributed by atoms with van der Waals surface area (Å²) < 4.78 is 11.5. The Balaban J connectivity index is 2.13. The number of hydrogen-bond acceptors (Lipinski definition) is 6. The lowest BCUT2D eigenvalue weighted by Gasteiger charge is -2.26. The van der Waals surface area contributed by atoms with Gasteiger partial charge in [0.1, 0.15) is 11.9 Å². The van der Waals surface area contributed by atoms with Crippen LogP contribution < -0.4 is 15.6 Å². The van der Waals surface area contributed by atoms with E-state index in [4.69, 9.17) is 14.6 Å². The number of benzene rings is 1. The van der Waals surface area contributed by atoms with E-state index >= 15 is 0 Å². The highest BCUT2D eigenvalue weighted by Crippen LogP contribution is 2.32. The van der Waals surface area contributed by atoms with Crippen molar-refractivity contribution >= 4 is 11.8 Å². The van der Waals surface area contributed by atoms with Crippen LogP contribution in [0.3, 0.4) is 0 Å². The summed E-state index contributed by atoms with van der Waals surface area (Å²) in [5.74, 6) is 0.911. The van der Waals surface area contributed by atoms with Gasteiger partial charge in [-0.25, -0.2) is 10.4 Å². The van der Waals surface area contributed by atoms with Crippen LogP contribution in [0.25, 0.3) is 0 Å². The van der Waals surface area contributed by atoms with Crippen LogP contribution in [-0.2, 0) is 9.53 Å². The molecule has 28 heavy (non-hydrogen) atoms. The number of rotatable bonds is 12. The van der Waals surface area contributed by atoms with Crippen LogP contribution in [0.15, 0.2) is 41.9 Å². The summed E-state index contributed by atoms with van der Waals surface area (Å²) in [5.41, 5.74) is 5.45. The number of ether oxygens (including phenoxy) is 2. The van der Waals surface area contributed by atoms with E-state index in [-0.39, 0.29) is 12.5 Å². The number of carbonyl (C=O) groups excluding carboxylic acids is 1. The maximum Gasteiger partial charge on any atom is 0.266 e. The molecule has 0 spiro atoms. The zero-order valence-electron chi connectivity index (χ0n) is 16.7. The predicted molar refractivity (Wildman–Crippen MR) is 109 cm³/mol. The van der Waals surface area contributed by atoms with E-state index in [0.717, 1.165) is 18.4 Å². The average molecular weight is 389 g/mol. The third kappa shape index (κ3) is 5.33. The van der Waals surface area contributed by atoms with Gasteiger partial charge in [-0.05, 0) is 37.6 Å². The summed E-state index contributed by atoms with van der Waals surface area (Å²) in [7, 11) is 0. The smallest absolute Gasteiger partial charge is 0.266 e. The van der Waals surface area contributed by atoms with E-state index in [1.807, 2.05) is 31.2 Å². The van der Waals surface area contributed by atoms with Crippen LogP contribution in [0, 0.1) is 0 Å². The number of aliphatic hydroxyl groups excluding tert-OH is 1. The van der Waals surface area contributed by atoms with Crippen molar-refractivity contribution in [3.63, 3.8) is 0 Å². The Labute approximate surface area is 166 Å². The topological polar surface area (TPSA) is 92.2 Å². The molecule has 7 heteroatoms. The molecule has 1 aromatic carbocycles. The van der Waals surface area contributed by atoms with Crippen LogP contribution in [0.4, 0.5) is 0 Å². The molecule has 2 rings (SSSR count). The fourth-order valence-electron chi connectivity index (χ4n) is 2.92. The Kier molecular flexibility index (Phi) is 8.47. The van der Waals surface area contributed by atoms with Gasteiger partial charge in [0, 0.05) is 31.6 Å². The zero-order valence-corrected chi connectivity index (χ0v) is 16.7. The van der Waals surface area contributed by atoms with Crippen molar-refractivity contribution in [2.75, 3.05) is 19.8 Å². The van der Waals surface area contributed by atoms with Gasteiger partial charge in [-0.15, -0.1) is 6.58 Å². The summed E-state index contributed by atoms with van der Waals surface area (Å²) >= 11 is 0. The first-order chi connectivity index (χ1) is 13.6. The molecule has 1 heterocycles. The third-order valence-electron chi connectivity index (χ3n) is 4.64. The van der Waals surface area contributed by atoms with Gasteiger partial charge in [-0.3, -0.25) is 10.2 Å². The lowest BCUT2D eigenvalue weighted by molar-refractivity contribution is -0.129. The van der Waals surface area contributed by atoms with E-state index in [1.165, 1.54) is 0 Å². The Hall–Kier alpha value is -2.38. The quantitative estimate of drug-likeness (QED) is 0.290. The van der Waals surface area contributed by atoms with E-state index in [9.17, 15) is 4.79 Å². The molecule has 0 aromatic heterocycles. The highest BCUT2D eigenvalue weighted by molar-refractivity contribution is 6.00. The molecule has 0 unspecified atom stereocenters. The average Bonchev–Trinajstić information content (AvgIpc) is 3.03. The number of aliphatic hydroxyl groups is 1. The number of unbranched alkanes of at least 4 members (excludes halogenated alkanes) is 1. The van der Waals surface area contributed by atoms with Gasteiger partial charge in [-0.1, -0.05) is 19.4 Å². The van der Waals surface area contributed by atoms with Crippen molar-refractivity contribution in [3.05, 3.63) is 42.5 Å². The minimum atomic E-state index is -1.05. The standard InChI is InChI=1S/C21H31N3O4/c1-4-6-13-22-24-20(26)21(12-5-2)16(3)28-19(23-21)17-8-10-18(11-9-17)27-15-7-14-25/h5,8-11,16,22,25H,2,4,6-7,12-15H2,1,3H3,(H,24,26)/t16-,21-/m0/s1. The SMILES string of the molecule is C=CC[C@]1(C(=O)NNCCCC)N=C(c2ccc(OCCCO)cc2)O[C@H]1C. The number of nitrogens with one attached hydrogen (secondary N) is 2. The molecule has 0 radical (unpaired) electrons. The largest absolute Gasteiger partial charge is 0.494 e. The maximum atomic E-state index is 12.9. The maximum absolute atomic E-state index is 12.9. The van der Waals surface area contributed by atoms with E-state index in [2.05, 4.69) is 29.3 Å². The molecule has 1 aliphatic heterocycles. The Morgan fingerprint density at radius 3 is 2.79 bits per heavy atom. The van der Waals surface area contributed by atoms with Crippen molar-refractivity contribution < 1.29 is 19.4 Å². The Morgan fingerprint density at radius 2 is 2.14 bits per heavy atom. The van der Waals surface area contributed by atoms with Crippen molar-refractivity contribution in [1.82, 2.24) is 10.9 Å². The monoisotopic (exact) mass is 389 g/mol. The van der Waals surface area contributed by atoms with Gasteiger partial charge in [0.05, 0.1) is 6.61 Å². The van der Waals surface area contributed by atoms with Gasteiger partial charge < -0.3 is 14.6 Å². The highest BCUT2D eigenvalue weighted by atomic mass is 16.5. The van der Waals surface area contributed by atoms with Crippen molar-refractivity contribution in [2.45, 2.75) is 51.2 Å². The molecular formula is C21H31N3O4. The molecule has 154 valence electrons. The van der Waals surface area contributed by atoms with E-state index in [0.29, 0.717) is 37.6 Å². The Bertz CT molecular complexity index is 675. The molecule has 0 saturated heterocycles. The lowest BCUT2D eigenvalue weighted by Crippen LogP contribution is -2.54. The fourth-order valence-corrected chi connectivity index (χ4v) is 2.92. The molecule has 1 aromatic rings. The van der Waals surface area contributed by atoms with Crippen LogP contribution in [-0.4, -0.2) is 48.3 Å². The lowest BCUT2D eigenvalue weighted by atomic mass is 9.90. The highest BCUT2D eigenvalue weighted by Gasteiger charge is 2.49. The number of hydrogen-bond donors (Lipinski definition) is 3. The molecule has 0 bridgehead atoms. The molecule has 0 fully saturated rings. The second kappa shape index (κ2) is 10.8. The van der Waals surface area contributed by atoms with Gasteiger partial charge in [-0.2, -0.15) is 0 Å². The summed E-state index contributed by atoms with van der Waals surface area (Å²) in [6, 6.07) is 7.34. The van der Waals surface area contributed by atoms with Gasteiger partial charge >= 0.3 is 0 Å². The number of amides is 1. The fraction of sp³-hybridized carbons (Fsp3) is 0.524. The molecule has 3 N–H and O–H groups in total. The summed E-state index contributed by atoms with van der Waals surface area (Å²) in [6.07, 6.45) is 4.25. The summed E-state index contributed by atoms with van der Waals surface area (Å²) in [5, 5.41) is 8.82. The Morgan fingerprint density at radius 1 is 1.39 bits per heavy atom. The molecule has 0 aliphatic carbocycles. The van der Waals surface area contributed by atoms with Crippen LogP contribution in [0.2, 0.25) is 0 Å². The molecule has 2 atom stereocenters. The number of aliphatic imine (C=N–C) groups is 1. The second-order valence-corrected chi connectivity index (χ2v) is 6.78. The number of nitrogens with zero attached hydrogens (tertiary/aromatic N) is 1. The summed E-state index contributed by atoms with van der Waals surface area (Å²) in [4.78, 5) is 17.5. The van der Waals surface area contributed by atoms with E-state index < -0.39 is 11.6 Å². The van der Waals surface area contributed by atoms with Gasteiger partial charge in [0.25, 0.3) is 5.91 Å². The number of carbonyl (C=O) groups is 1. The van der Waals surface area contributed by atoms with Crippen LogP contribution in [0.5, 0.6) is 5.75 Å². The van der Waals surface area contributed by atoms with Crippen molar-refractivity contribution in [3.8, 4) is 5.75 Å². The molecule has 1 amide bonds. The van der Waals surface area contributed by atoms with E-state index in [1.54, 1.807) is 6.08 Å². The first-order valence-corrected chi connectivity index (χ1v) is 9.82. The van der Waals surface area contributed by atoms with Crippen LogP contribution >= 0.6 is 0 Å². The van der Waals surface area contributed by atoms with Crippen molar-refractivity contribution in [2.24, 2.45) is 4.99 Å². The first-order valence-electron chi connectivity index (χ1n) is 9.82. The van der Waals surface area contributed by atoms with Crippen molar-refractivity contribution in [1.29, 1.82) is 0 Å². The molecule has 1 aliphatic rings. The molecular weight excluding hydrogens is 358 g/mol. The minimum Gasteiger partial charge on any atom is -0.494 e. The normalized spacial score (nSPS) is 21.0. The first kappa shape index (κ1) is 21.9. The number of hydrazine groups is 1. The van der Waals surface area contributed by atoms with Crippen LogP contribution in [0.1, 0.15) is 45.1 Å². The summed E-state index contributed by atoms with van der Waals surface area (Å²) in [6.45, 7) is 8.98.